The van der Waals surface area contributed by atoms with Gasteiger partial charge in [0.15, 0.2) is 5.96 Å². The number of guanidine groups is 1. The number of rotatable bonds is 10. The van der Waals surface area contributed by atoms with Gasteiger partial charge in [0.25, 0.3) is 0 Å². The van der Waals surface area contributed by atoms with Crippen LogP contribution in [0.25, 0.3) is 0 Å². The molecule has 1 heterocycles. The van der Waals surface area contributed by atoms with E-state index in [4.69, 9.17) is 21.9 Å². The van der Waals surface area contributed by atoms with Crippen molar-refractivity contribution >= 4 is 11.6 Å². The predicted octanol–water partition coefficient (Wildman–Crippen LogP) is 0.339. The van der Waals surface area contributed by atoms with Crippen molar-refractivity contribution in [3.8, 4) is 0 Å². The minimum Gasteiger partial charge on any atom is -0.498 e. The second-order valence-corrected chi connectivity index (χ2v) is 5.69. The number of nitrogens with two attached hydrogens (primary N) is 3. The summed E-state index contributed by atoms with van der Waals surface area (Å²) in [5, 5.41) is 7.50. The maximum absolute atomic E-state index is 5.78. The summed E-state index contributed by atoms with van der Waals surface area (Å²) in [7, 11) is 0. The van der Waals surface area contributed by atoms with Crippen molar-refractivity contribution in [1.82, 2.24) is 15.1 Å². The Kier molecular flexibility index (Phi) is 7.16. The number of aliphatic imine (C=N–C) groups is 1. The second kappa shape index (κ2) is 9.61. The molecule has 0 unspecified atom stereocenters. The fourth-order valence-corrected chi connectivity index (χ4v) is 2.33. The molecule has 0 saturated carbocycles. The highest BCUT2D eigenvalue weighted by Gasteiger charge is 2.07. The van der Waals surface area contributed by atoms with E-state index in [0.717, 1.165) is 44.7 Å². The van der Waals surface area contributed by atoms with Crippen LogP contribution < -0.4 is 22.5 Å². The molecule has 0 aliphatic heterocycles. The Morgan fingerprint density at radius 3 is 2.83 bits per heavy atom. The standard InChI is InChI=1S/C16H27N7O/c17-14-11-22-23(12-14)8-7-20-6-1-9-24-15-4-2-13(3-5-15)10-21-16(18)19/h2,4,11-12,20H,1,3,5-10,17H2,(H4,18,19,21). The first-order valence-electron chi connectivity index (χ1n) is 8.19. The van der Waals surface area contributed by atoms with E-state index in [0.29, 0.717) is 18.8 Å². The molecule has 0 amide bonds. The molecule has 0 spiro atoms. The van der Waals surface area contributed by atoms with Crippen molar-refractivity contribution in [3.63, 3.8) is 0 Å². The third kappa shape index (κ3) is 6.74. The number of nitrogen functional groups attached to an aromatic ring is 1. The molecule has 1 aromatic rings. The third-order valence-electron chi connectivity index (χ3n) is 3.62. The molecule has 8 nitrogen and oxygen atoms in total. The third-order valence-corrected chi connectivity index (χ3v) is 3.62. The molecule has 132 valence electrons. The number of ether oxygens (including phenoxy) is 1. The van der Waals surface area contributed by atoms with Crippen LogP contribution in [-0.2, 0) is 11.3 Å². The molecule has 1 aliphatic carbocycles. The number of anilines is 1. The Balaban J connectivity index is 1.52. The highest BCUT2D eigenvalue weighted by molar-refractivity contribution is 5.75. The van der Waals surface area contributed by atoms with Gasteiger partial charge in [-0.05, 0) is 31.0 Å². The molecule has 0 radical (unpaired) electrons. The van der Waals surface area contributed by atoms with Gasteiger partial charge >= 0.3 is 0 Å². The van der Waals surface area contributed by atoms with E-state index in [1.165, 1.54) is 5.57 Å². The molecule has 1 aromatic heterocycles. The summed E-state index contributed by atoms with van der Waals surface area (Å²) >= 11 is 0. The SMILES string of the molecule is NC(N)=NCC1=CC=C(OCCCNCCn2cc(N)cn2)CC1. The molecule has 0 saturated heterocycles. The van der Waals surface area contributed by atoms with Crippen LogP contribution in [0.15, 0.2) is 40.9 Å². The fraction of sp³-hybridized carbons (Fsp3) is 0.500. The molecular weight excluding hydrogens is 306 g/mol. The van der Waals surface area contributed by atoms with Crippen LogP contribution in [0.2, 0.25) is 0 Å². The van der Waals surface area contributed by atoms with Crippen LogP contribution in [0.1, 0.15) is 19.3 Å². The fourth-order valence-electron chi connectivity index (χ4n) is 2.33. The zero-order chi connectivity index (χ0) is 17.2. The molecular formula is C16H27N7O. The van der Waals surface area contributed by atoms with Gasteiger partial charge in [-0.3, -0.25) is 4.68 Å². The summed E-state index contributed by atoms with van der Waals surface area (Å²) in [6, 6.07) is 0. The summed E-state index contributed by atoms with van der Waals surface area (Å²) in [5.74, 6) is 1.15. The van der Waals surface area contributed by atoms with E-state index in [-0.39, 0.29) is 5.96 Å². The van der Waals surface area contributed by atoms with Gasteiger partial charge in [0.05, 0.1) is 37.3 Å². The van der Waals surface area contributed by atoms with Crippen LogP contribution in [0.4, 0.5) is 5.69 Å². The summed E-state index contributed by atoms with van der Waals surface area (Å²) in [4.78, 5) is 4.01. The van der Waals surface area contributed by atoms with Gasteiger partial charge in [0.1, 0.15) is 0 Å². The van der Waals surface area contributed by atoms with Crippen LogP contribution in [0, 0.1) is 0 Å². The highest BCUT2D eigenvalue weighted by atomic mass is 16.5. The molecule has 0 fully saturated rings. The maximum atomic E-state index is 5.78. The van der Waals surface area contributed by atoms with Crippen LogP contribution in [0.3, 0.4) is 0 Å². The van der Waals surface area contributed by atoms with Gasteiger partial charge in [-0.2, -0.15) is 5.10 Å². The molecule has 24 heavy (non-hydrogen) atoms. The Bertz CT molecular complexity index is 599. The Morgan fingerprint density at radius 1 is 1.29 bits per heavy atom. The minimum absolute atomic E-state index is 0.130. The quantitative estimate of drug-likeness (QED) is 0.277. The maximum Gasteiger partial charge on any atom is 0.186 e. The lowest BCUT2D eigenvalue weighted by Gasteiger charge is -2.15. The van der Waals surface area contributed by atoms with Crippen molar-refractivity contribution in [2.45, 2.75) is 25.8 Å². The number of hydrogen-bond donors (Lipinski definition) is 4. The van der Waals surface area contributed by atoms with Crippen molar-refractivity contribution in [3.05, 3.63) is 35.9 Å². The number of allylic oxidation sites excluding steroid dienone is 3. The molecule has 2 rings (SSSR count). The predicted molar refractivity (Wildman–Crippen MR) is 96.2 cm³/mol. The van der Waals surface area contributed by atoms with E-state index in [9.17, 15) is 0 Å². The van der Waals surface area contributed by atoms with E-state index < -0.39 is 0 Å². The van der Waals surface area contributed by atoms with Gasteiger partial charge in [-0.1, -0.05) is 6.08 Å². The van der Waals surface area contributed by atoms with E-state index in [2.05, 4.69) is 15.4 Å². The average Bonchev–Trinajstić information content (AvgIpc) is 2.98. The normalized spacial score (nSPS) is 14.0. The number of nitrogens with one attached hydrogen (secondary N) is 1. The monoisotopic (exact) mass is 333 g/mol. The zero-order valence-corrected chi connectivity index (χ0v) is 13.9. The van der Waals surface area contributed by atoms with Crippen molar-refractivity contribution in [1.29, 1.82) is 0 Å². The first-order valence-corrected chi connectivity index (χ1v) is 8.19. The van der Waals surface area contributed by atoms with Gasteiger partial charge in [-0.25, -0.2) is 4.99 Å². The Morgan fingerprint density at radius 2 is 2.17 bits per heavy atom. The molecule has 8 heteroatoms. The first-order chi connectivity index (χ1) is 11.6. The van der Waals surface area contributed by atoms with Crippen LogP contribution in [0.5, 0.6) is 0 Å². The van der Waals surface area contributed by atoms with Crippen molar-refractivity contribution in [2.75, 3.05) is 32.0 Å². The number of nitrogens with zero attached hydrogens (tertiary/aromatic N) is 3. The lowest BCUT2D eigenvalue weighted by Crippen LogP contribution is -2.23. The summed E-state index contributed by atoms with van der Waals surface area (Å²) < 4.78 is 7.61. The summed E-state index contributed by atoms with van der Waals surface area (Å²) in [5.41, 5.74) is 18.2. The lowest BCUT2D eigenvalue weighted by atomic mass is 10.0. The molecule has 0 bridgehead atoms. The molecule has 7 N–H and O–H groups in total. The van der Waals surface area contributed by atoms with Crippen molar-refractivity contribution in [2.24, 2.45) is 16.5 Å². The topological polar surface area (TPSA) is 130 Å². The summed E-state index contributed by atoms with van der Waals surface area (Å²) in [6.07, 6.45) is 10.3. The molecule has 0 atom stereocenters. The average molecular weight is 333 g/mol. The Labute approximate surface area is 142 Å². The zero-order valence-electron chi connectivity index (χ0n) is 13.9. The molecule has 0 aromatic carbocycles. The van der Waals surface area contributed by atoms with Gasteiger partial charge in [0, 0.05) is 19.2 Å². The minimum atomic E-state index is 0.130. The number of aromatic nitrogens is 2. The Hall–Kier alpha value is -2.48. The molecule has 1 aliphatic rings. The van der Waals surface area contributed by atoms with Crippen LogP contribution >= 0.6 is 0 Å². The second-order valence-electron chi connectivity index (χ2n) is 5.69. The van der Waals surface area contributed by atoms with Gasteiger partial charge in [-0.15, -0.1) is 0 Å². The number of hydrogen-bond acceptors (Lipinski definition) is 5. The first kappa shape index (κ1) is 17.9. The van der Waals surface area contributed by atoms with Crippen LogP contribution in [-0.4, -0.2) is 42.0 Å². The van der Waals surface area contributed by atoms with Gasteiger partial charge in [0.2, 0.25) is 0 Å². The smallest absolute Gasteiger partial charge is 0.186 e. The largest absolute Gasteiger partial charge is 0.498 e. The van der Waals surface area contributed by atoms with E-state index in [1.54, 1.807) is 6.20 Å². The van der Waals surface area contributed by atoms with Crippen molar-refractivity contribution < 1.29 is 4.74 Å². The van der Waals surface area contributed by atoms with E-state index >= 15 is 0 Å². The lowest BCUT2D eigenvalue weighted by molar-refractivity contribution is 0.197. The van der Waals surface area contributed by atoms with Gasteiger partial charge < -0.3 is 27.3 Å². The summed E-state index contributed by atoms with van der Waals surface area (Å²) in [6.45, 7) is 3.87. The van der Waals surface area contributed by atoms with E-state index in [1.807, 2.05) is 23.0 Å². The highest BCUT2D eigenvalue weighted by Crippen LogP contribution is 2.19.